The van der Waals surface area contributed by atoms with Crippen LogP contribution in [0.3, 0.4) is 0 Å². The zero-order chi connectivity index (χ0) is 9.84. The Bertz CT molecular complexity index is 343. The number of hydrogen-bond donors (Lipinski definition) is 1. The van der Waals surface area contributed by atoms with Crippen molar-refractivity contribution in [3.05, 3.63) is 29.8 Å². The molecule has 0 unspecified atom stereocenters. The van der Waals surface area contributed by atoms with Crippen molar-refractivity contribution in [1.82, 2.24) is 0 Å². The monoisotopic (exact) mass is 179 g/mol. The number of phenols is 1. The molecule has 1 aromatic carbocycles. The predicted octanol–water partition coefficient (Wildman–Crippen LogP) is -0.285. The third-order valence-electron chi connectivity index (χ3n) is 1.47. The van der Waals surface area contributed by atoms with Crippen LogP contribution < -0.4 is 5.11 Å². The fraction of sp³-hybridized carbons (Fsp3) is 0.111. The molecule has 0 fully saturated rings. The second-order valence-electron chi connectivity index (χ2n) is 2.52. The third kappa shape index (κ3) is 2.59. The van der Waals surface area contributed by atoms with Crippen molar-refractivity contribution in [2.45, 2.75) is 6.42 Å². The molecule has 0 saturated heterocycles. The summed E-state index contributed by atoms with van der Waals surface area (Å²) in [5.41, 5.74) is 0.171. The number of carbonyl (C=O) groups is 2. The second kappa shape index (κ2) is 3.71. The number of carbonyl (C=O) groups excluding carboxylic acids is 2. The van der Waals surface area contributed by atoms with Gasteiger partial charge in [-0.1, -0.05) is 12.1 Å². The van der Waals surface area contributed by atoms with Gasteiger partial charge in [0.15, 0.2) is 5.78 Å². The van der Waals surface area contributed by atoms with Crippen LogP contribution in [-0.4, -0.2) is 16.9 Å². The SMILES string of the molecule is O=C([O-])CC(=O)c1cccc(O)c1. The van der Waals surface area contributed by atoms with E-state index in [1.807, 2.05) is 0 Å². The Kier molecular flexibility index (Phi) is 2.64. The van der Waals surface area contributed by atoms with E-state index in [2.05, 4.69) is 0 Å². The van der Waals surface area contributed by atoms with Crippen molar-refractivity contribution in [3.8, 4) is 5.75 Å². The van der Waals surface area contributed by atoms with Gasteiger partial charge >= 0.3 is 0 Å². The molecule has 1 rings (SSSR count). The molecule has 0 amide bonds. The highest BCUT2D eigenvalue weighted by molar-refractivity contribution is 6.05. The maximum absolute atomic E-state index is 11.1. The van der Waals surface area contributed by atoms with Crippen molar-refractivity contribution < 1.29 is 19.8 Å². The molecule has 0 spiro atoms. The van der Waals surface area contributed by atoms with Crippen molar-refractivity contribution >= 4 is 11.8 Å². The van der Waals surface area contributed by atoms with Gasteiger partial charge in [0.2, 0.25) is 0 Å². The first-order valence-corrected chi connectivity index (χ1v) is 3.61. The average molecular weight is 179 g/mol. The van der Waals surface area contributed by atoms with Crippen LogP contribution in [0, 0.1) is 0 Å². The fourth-order valence-electron chi connectivity index (χ4n) is 0.913. The Morgan fingerprint density at radius 2 is 2.08 bits per heavy atom. The minimum Gasteiger partial charge on any atom is -0.550 e. The lowest BCUT2D eigenvalue weighted by molar-refractivity contribution is -0.304. The Morgan fingerprint density at radius 1 is 1.38 bits per heavy atom. The van der Waals surface area contributed by atoms with Gasteiger partial charge in [-0.05, 0) is 12.1 Å². The number of benzene rings is 1. The van der Waals surface area contributed by atoms with Gasteiger partial charge in [0.05, 0.1) is 6.42 Å². The van der Waals surface area contributed by atoms with E-state index in [4.69, 9.17) is 5.11 Å². The molecular weight excluding hydrogens is 172 g/mol. The van der Waals surface area contributed by atoms with E-state index in [9.17, 15) is 14.7 Å². The van der Waals surface area contributed by atoms with Crippen LogP contribution in [0.2, 0.25) is 0 Å². The van der Waals surface area contributed by atoms with Gasteiger partial charge in [0, 0.05) is 11.5 Å². The van der Waals surface area contributed by atoms with Crippen LogP contribution in [0.5, 0.6) is 5.75 Å². The summed E-state index contributed by atoms with van der Waals surface area (Å²) in [5, 5.41) is 19.1. The molecule has 0 heterocycles. The van der Waals surface area contributed by atoms with E-state index in [1.54, 1.807) is 0 Å². The summed E-state index contributed by atoms with van der Waals surface area (Å²) in [7, 11) is 0. The Labute approximate surface area is 74.4 Å². The van der Waals surface area contributed by atoms with Gasteiger partial charge in [0.1, 0.15) is 5.75 Å². The molecule has 1 N–H and O–H groups in total. The number of Topliss-reactive ketones (excluding diaryl/α,β-unsaturated/α-hetero) is 1. The van der Waals surface area contributed by atoms with Crippen molar-refractivity contribution in [3.63, 3.8) is 0 Å². The Hall–Kier alpha value is -1.84. The van der Waals surface area contributed by atoms with Gasteiger partial charge in [-0.2, -0.15) is 0 Å². The fourth-order valence-corrected chi connectivity index (χ4v) is 0.913. The molecule has 0 bridgehead atoms. The molecule has 0 saturated carbocycles. The van der Waals surface area contributed by atoms with Crippen molar-refractivity contribution in [2.75, 3.05) is 0 Å². The normalized spacial score (nSPS) is 9.54. The number of aromatic hydroxyl groups is 1. The van der Waals surface area contributed by atoms with Gasteiger partial charge in [-0.25, -0.2) is 0 Å². The smallest absolute Gasteiger partial charge is 0.168 e. The molecule has 0 aliphatic carbocycles. The highest BCUT2D eigenvalue weighted by atomic mass is 16.4. The summed E-state index contributed by atoms with van der Waals surface area (Å²) >= 11 is 0. The molecule has 0 aromatic heterocycles. The minimum atomic E-state index is -1.42. The molecule has 4 nitrogen and oxygen atoms in total. The molecule has 0 radical (unpaired) electrons. The number of hydrogen-bond acceptors (Lipinski definition) is 4. The molecule has 13 heavy (non-hydrogen) atoms. The van der Waals surface area contributed by atoms with E-state index >= 15 is 0 Å². The summed E-state index contributed by atoms with van der Waals surface area (Å²) in [4.78, 5) is 21.1. The van der Waals surface area contributed by atoms with Crippen molar-refractivity contribution in [2.24, 2.45) is 0 Å². The first-order valence-electron chi connectivity index (χ1n) is 3.61. The van der Waals surface area contributed by atoms with Crippen LogP contribution in [0.15, 0.2) is 24.3 Å². The maximum atomic E-state index is 11.1. The highest BCUT2D eigenvalue weighted by Crippen LogP contribution is 2.12. The zero-order valence-corrected chi connectivity index (χ0v) is 6.69. The summed E-state index contributed by atoms with van der Waals surface area (Å²) in [6, 6.07) is 5.52. The van der Waals surface area contributed by atoms with Crippen molar-refractivity contribution in [1.29, 1.82) is 0 Å². The number of phenolic OH excluding ortho intramolecular Hbond substituents is 1. The molecular formula is C9H7O4-. The Balaban J connectivity index is 2.83. The molecule has 0 aliphatic rings. The lowest BCUT2D eigenvalue weighted by Crippen LogP contribution is -2.25. The number of aliphatic carboxylic acids is 1. The largest absolute Gasteiger partial charge is 0.550 e. The second-order valence-corrected chi connectivity index (χ2v) is 2.52. The van der Waals surface area contributed by atoms with E-state index < -0.39 is 18.2 Å². The average Bonchev–Trinajstić information content (AvgIpc) is 2.03. The molecule has 1 aromatic rings. The standard InChI is InChI=1S/C9H8O4/c10-7-3-1-2-6(4-7)8(11)5-9(12)13/h1-4,10H,5H2,(H,12,13)/p-1. The topological polar surface area (TPSA) is 77.4 Å². The van der Waals surface area contributed by atoms with E-state index in [-0.39, 0.29) is 11.3 Å². The predicted molar refractivity (Wildman–Crippen MR) is 42.1 cm³/mol. The molecule has 4 heteroatoms. The van der Waals surface area contributed by atoms with Gasteiger partial charge in [-0.15, -0.1) is 0 Å². The lowest BCUT2D eigenvalue weighted by Gasteiger charge is -2.01. The number of carboxylic acids is 1. The highest BCUT2D eigenvalue weighted by Gasteiger charge is 2.05. The van der Waals surface area contributed by atoms with Crippen LogP contribution in [-0.2, 0) is 4.79 Å². The van der Waals surface area contributed by atoms with Gasteiger partial charge in [0.25, 0.3) is 0 Å². The number of ketones is 1. The van der Waals surface area contributed by atoms with Crippen LogP contribution in [0.25, 0.3) is 0 Å². The molecule has 0 aliphatic heterocycles. The lowest BCUT2D eigenvalue weighted by atomic mass is 10.1. The zero-order valence-electron chi connectivity index (χ0n) is 6.69. The van der Waals surface area contributed by atoms with Crippen LogP contribution in [0.4, 0.5) is 0 Å². The van der Waals surface area contributed by atoms with Gasteiger partial charge in [-0.3, -0.25) is 4.79 Å². The number of carboxylic acid groups (broad SMARTS) is 1. The van der Waals surface area contributed by atoms with E-state index in [0.29, 0.717) is 0 Å². The van der Waals surface area contributed by atoms with Gasteiger partial charge < -0.3 is 15.0 Å². The van der Waals surface area contributed by atoms with Crippen LogP contribution in [0.1, 0.15) is 16.8 Å². The van der Waals surface area contributed by atoms with E-state index in [1.165, 1.54) is 24.3 Å². The maximum Gasteiger partial charge on any atom is 0.168 e. The molecule has 0 atom stereocenters. The number of rotatable bonds is 3. The quantitative estimate of drug-likeness (QED) is 0.511. The summed E-state index contributed by atoms with van der Waals surface area (Å²) in [6.07, 6.45) is -0.663. The summed E-state index contributed by atoms with van der Waals surface area (Å²) in [6.45, 7) is 0. The minimum absolute atomic E-state index is 0.0656. The third-order valence-corrected chi connectivity index (χ3v) is 1.47. The Morgan fingerprint density at radius 3 is 2.62 bits per heavy atom. The van der Waals surface area contributed by atoms with Crippen LogP contribution >= 0.6 is 0 Å². The first kappa shape index (κ1) is 9.25. The van der Waals surface area contributed by atoms with E-state index in [0.717, 1.165) is 0 Å². The summed E-state index contributed by atoms with van der Waals surface area (Å²) < 4.78 is 0. The summed E-state index contributed by atoms with van der Waals surface area (Å²) in [5.74, 6) is -2.06. The molecule has 68 valence electrons. The first-order chi connectivity index (χ1) is 6.09.